The average molecular weight is 317 g/mol. The first-order valence-electron chi connectivity index (χ1n) is 9.66. The molecule has 0 saturated carbocycles. The molecule has 3 heteroatoms. The molecule has 0 amide bonds. The van der Waals surface area contributed by atoms with E-state index in [1.54, 1.807) is 0 Å². The van der Waals surface area contributed by atoms with Crippen molar-refractivity contribution in [2.75, 3.05) is 19.8 Å². The average Bonchev–Trinajstić information content (AvgIpc) is 2.51. The zero-order chi connectivity index (χ0) is 16.5. The highest BCUT2D eigenvalue weighted by molar-refractivity contribution is 4.60. The van der Waals surface area contributed by atoms with Crippen LogP contribution >= 0.6 is 0 Å². The van der Waals surface area contributed by atoms with Gasteiger partial charge in [0.05, 0.1) is 6.61 Å². The molecule has 0 aromatic carbocycles. The van der Waals surface area contributed by atoms with Gasteiger partial charge in [0.2, 0.25) is 0 Å². The van der Waals surface area contributed by atoms with Crippen molar-refractivity contribution in [2.24, 2.45) is 0 Å². The maximum atomic E-state index is 6.01. The van der Waals surface area contributed by atoms with Gasteiger partial charge in [0.1, 0.15) is 0 Å². The lowest BCUT2D eigenvalue weighted by molar-refractivity contribution is -0.381. The van der Waals surface area contributed by atoms with E-state index in [1.165, 1.54) is 51.4 Å². The van der Waals surface area contributed by atoms with Gasteiger partial charge in [0, 0.05) is 19.6 Å². The number of unbranched alkanes of at least 4 members (excludes halogenated alkanes) is 8. The van der Waals surface area contributed by atoms with Crippen LogP contribution in [0, 0.1) is 0 Å². The molecule has 0 bridgehead atoms. The maximum absolute atomic E-state index is 6.01. The fraction of sp³-hybridized carbons (Fsp3) is 1.00. The fourth-order valence-electron chi connectivity index (χ4n) is 2.66. The van der Waals surface area contributed by atoms with Gasteiger partial charge >= 0.3 is 0 Å². The molecule has 0 aromatic heterocycles. The van der Waals surface area contributed by atoms with Crippen LogP contribution in [0.3, 0.4) is 0 Å². The van der Waals surface area contributed by atoms with Crippen LogP contribution in [0.4, 0.5) is 0 Å². The van der Waals surface area contributed by atoms with Crippen LogP contribution in [0.5, 0.6) is 0 Å². The van der Waals surface area contributed by atoms with Gasteiger partial charge in [0.25, 0.3) is 5.97 Å². The zero-order valence-electron chi connectivity index (χ0n) is 15.6. The van der Waals surface area contributed by atoms with E-state index >= 15 is 0 Å². The number of hydrogen-bond acceptors (Lipinski definition) is 3. The van der Waals surface area contributed by atoms with Crippen LogP contribution in [0.15, 0.2) is 0 Å². The monoisotopic (exact) mass is 316 g/mol. The van der Waals surface area contributed by atoms with E-state index in [-0.39, 0.29) is 0 Å². The Morgan fingerprint density at radius 3 is 1.59 bits per heavy atom. The molecule has 0 saturated heterocycles. The second kappa shape index (κ2) is 15.8. The first-order chi connectivity index (χ1) is 10.7. The summed E-state index contributed by atoms with van der Waals surface area (Å²) in [6, 6.07) is 0. The van der Waals surface area contributed by atoms with Gasteiger partial charge in [-0.3, -0.25) is 0 Å². The van der Waals surface area contributed by atoms with E-state index in [2.05, 4.69) is 13.8 Å². The SMILES string of the molecule is CCCCCCCCCC(OCC)(OCC)OCCCCC. The highest BCUT2D eigenvalue weighted by Gasteiger charge is 2.32. The largest absolute Gasteiger partial charge is 0.328 e. The van der Waals surface area contributed by atoms with Crippen molar-refractivity contribution < 1.29 is 14.2 Å². The predicted molar refractivity (Wildman–Crippen MR) is 94.1 cm³/mol. The highest BCUT2D eigenvalue weighted by Crippen LogP contribution is 2.24. The summed E-state index contributed by atoms with van der Waals surface area (Å²) in [7, 11) is 0. The molecule has 22 heavy (non-hydrogen) atoms. The molecule has 0 spiro atoms. The minimum atomic E-state index is -0.805. The summed E-state index contributed by atoms with van der Waals surface area (Å²) < 4.78 is 17.7. The lowest BCUT2D eigenvalue weighted by atomic mass is 10.1. The topological polar surface area (TPSA) is 27.7 Å². The molecule has 0 atom stereocenters. The molecule has 0 rings (SSSR count). The molecule has 0 N–H and O–H groups in total. The van der Waals surface area contributed by atoms with Crippen LogP contribution in [0.25, 0.3) is 0 Å². The molecule has 3 nitrogen and oxygen atoms in total. The summed E-state index contributed by atoms with van der Waals surface area (Å²) in [5, 5.41) is 0. The van der Waals surface area contributed by atoms with E-state index in [1.807, 2.05) is 13.8 Å². The minimum Gasteiger partial charge on any atom is -0.328 e. The third-order valence-corrected chi connectivity index (χ3v) is 3.88. The van der Waals surface area contributed by atoms with Gasteiger partial charge in [-0.25, -0.2) is 0 Å². The molecule has 0 aliphatic heterocycles. The summed E-state index contributed by atoms with van der Waals surface area (Å²) in [5.74, 6) is -0.805. The number of hydrogen-bond donors (Lipinski definition) is 0. The van der Waals surface area contributed by atoms with E-state index in [0.717, 1.165) is 25.9 Å². The zero-order valence-corrected chi connectivity index (χ0v) is 15.6. The molecule has 0 unspecified atom stereocenters. The summed E-state index contributed by atoms with van der Waals surface area (Å²) in [4.78, 5) is 0. The first-order valence-corrected chi connectivity index (χ1v) is 9.66. The summed E-state index contributed by atoms with van der Waals surface area (Å²) in [6.45, 7) is 10.5. The van der Waals surface area contributed by atoms with Gasteiger partial charge in [-0.2, -0.15) is 0 Å². The lowest BCUT2D eigenvalue weighted by Crippen LogP contribution is -2.39. The number of ether oxygens (including phenoxy) is 3. The van der Waals surface area contributed by atoms with Crippen molar-refractivity contribution in [1.29, 1.82) is 0 Å². The number of rotatable bonds is 17. The maximum Gasteiger partial charge on any atom is 0.282 e. The van der Waals surface area contributed by atoms with Crippen molar-refractivity contribution in [3.05, 3.63) is 0 Å². The highest BCUT2D eigenvalue weighted by atomic mass is 16.9. The second-order valence-corrected chi connectivity index (χ2v) is 5.98. The van der Waals surface area contributed by atoms with Crippen molar-refractivity contribution in [3.8, 4) is 0 Å². The molecular weight excluding hydrogens is 276 g/mol. The third kappa shape index (κ3) is 11.4. The summed E-state index contributed by atoms with van der Waals surface area (Å²) >= 11 is 0. The van der Waals surface area contributed by atoms with Crippen molar-refractivity contribution in [3.63, 3.8) is 0 Å². The van der Waals surface area contributed by atoms with Gasteiger partial charge < -0.3 is 14.2 Å². The van der Waals surface area contributed by atoms with Crippen molar-refractivity contribution in [1.82, 2.24) is 0 Å². The van der Waals surface area contributed by atoms with Gasteiger partial charge in [0.15, 0.2) is 0 Å². The quantitative estimate of drug-likeness (QED) is 0.241. The third-order valence-electron chi connectivity index (χ3n) is 3.88. The van der Waals surface area contributed by atoms with Crippen LogP contribution in [0.1, 0.15) is 98.3 Å². The Morgan fingerprint density at radius 1 is 0.545 bits per heavy atom. The Balaban J connectivity index is 4.08. The molecule has 0 fully saturated rings. The van der Waals surface area contributed by atoms with E-state index < -0.39 is 5.97 Å². The van der Waals surface area contributed by atoms with Gasteiger partial charge in [-0.05, 0) is 26.7 Å². The van der Waals surface area contributed by atoms with Crippen LogP contribution in [0.2, 0.25) is 0 Å². The Morgan fingerprint density at radius 2 is 1.05 bits per heavy atom. The summed E-state index contributed by atoms with van der Waals surface area (Å²) in [5.41, 5.74) is 0. The smallest absolute Gasteiger partial charge is 0.282 e. The molecular formula is C19H40O3. The van der Waals surface area contributed by atoms with Crippen LogP contribution in [-0.2, 0) is 14.2 Å². The predicted octanol–water partition coefficient (Wildman–Crippen LogP) is 6.06. The molecule has 0 aromatic rings. The Kier molecular flexibility index (Phi) is 15.7. The fourth-order valence-corrected chi connectivity index (χ4v) is 2.66. The summed E-state index contributed by atoms with van der Waals surface area (Å²) in [6.07, 6.45) is 13.4. The van der Waals surface area contributed by atoms with E-state index in [0.29, 0.717) is 13.2 Å². The normalized spacial score (nSPS) is 12.0. The molecule has 0 radical (unpaired) electrons. The Labute approximate surface area is 139 Å². The van der Waals surface area contributed by atoms with Gasteiger partial charge in [-0.15, -0.1) is 0 Å². The second-order valence-electron chi connectivity index (χ2n) is 5.98. The first kappa shape index (κ1) is 21.9. The van der Waals surface area contributed by atoms with Crippen LogP contribution < -0.4 is 0 Å². The molecule has 0 aliphatic rings. The van der Waals surface area contributed by atoms with Crippen molar-refractivity contribution in [2.45, 2.75) is 104 Å². The lowest BCUT2D eigenvalue weighted by Gasteiger charge is -2.33. The minimum absolute atomic E-state index is 0.629. The Bertz CT molecular complexity index is 213. The van der Waals surface area contributed by atoms with Crippen molar-refractivity contribution >= 4 is 0 Å². The molecule has 134 valence electrons. The standard InChI is InChI=1S/C19H40O3/c1-5-9-11-12-13-14-15-17-19(20-7-3,21-8-4)22-18-16-10-6-2/h5-18H2,1-4H3. The van der Waals surface area contributed by atoms with Crippen LogP contribution in [-0.4, -0.2) is 25.8 Å². The van der Waals surface area contributed by atoms with E-state index in [9.17, 15) is 0 Å². The van der Waals surface area contributed by atoms with E-state index in [4.69, 9.17) is 14.2 Å². The molecule has 0 aliphatic carbocycles. The Hall–Kier alpha value is -0.120. The molecule has 0 heterocycles. The van der Waals surface area contributed by atoms with Gasteiger partial charge in [-0.1, -0.05) is 65.2 Å².